The third kappa shape index (κ3) is 5.28. The lowest BCUT2D eigenvalue weighted by Gasteiger charge is -2.08. The molecule has 0 atom stereocenters. The van der Waals surface area contributed by atoms with Crippen molar-refractivity contribution in [3.63, 3.8) is 0 Å². The van der Waals surface area contributed by atoms with Gasteiger partial charge in [0.25, 0.3) is 15.9 Å². The Bertz CT molecular complexity index is 1570. The summed E-state index contributed by atoms with van der Waals surface area (Å²) >= 11 is 11.7. The van der Waals surface area contributed by atoms with E-state index < -0.39 is 15.9 Å². The molecule has 1 heterocycles. The van der Waals surface area contributed by atoms with Crippen molar-refractivity contribution in [2.45, 2.75) is 4.90 Å². The summed E-state index contributed by atoms with van der Waals surface area (Å²) in [7, 11) is -3.81. The van der Waals surface area contributed by atoms with E-state index in [1.807, 2.05) is 0 Å². The van der Waals surface area contributed by atoms with Gasteiger partial charge in [0.1, 0.15) is 11.8 Å². The number of hydrazone groups is 1. The van der Waals surface area contributed by atoms with Crippen molar-refractivity contribution in [3.8, 4) is 0 Å². The zero-order chi connectivity index (χ0) is 24.3. The molecule has 0 fully saturated rings. The van der Waals surface area contributed by atoms with Crippen LogP contribution in [0, 0.1) is 0 Å². The fraction of sp³-hybridized carbons (Fsp3) is 0. The van der Waals surface area contributed by atoms with Crippen LogP contribution in [0.2, 0.25) is 10.0 Å². The number of carbonyl (C=O) groups is 1. The summed E-state index contributed by atoms with van der Waals surface area (Å²) in [5, 5.41) is 4.90. The van der Waals surface area contributed by atoms with E-state index in [2.05, 4.69) is 15.2 Å². The molecule has 0 aliphatic heterocycles. The van der Waals surface area contributed by atoms with E-state index in [0.29, 0.717) is 21.0 Å². The van der Waals surface area contributed by atoms with Crippen molar-refractivity contribution in [2.24, 2.45) is 5.10 Å². The van der Waals surface area contributed by atoms with Crippen LogP contribution in [0.1, 0.15) is 15.9 Å². The van der Waals surface area contributed by atoms with Gasteiger partial charge in [-0.2, -0.15) is 5.10 Å². The Kier molecular flexibility index (Phi) is 6.69. The van der Waals surface area contributed by atoms with Gasteiger partial charge in [0.15, 0.2) is 0 Å². The molecule has 1 amide bonds. The molecule has 0 spiro atoms. The zero-order valence-electron chi connectivity index (χ0n) is 17.2. The standard InChI is InChI=1S/C23H15Cl2N3O5S/c24-16-3-8-19(9-4-16)34(31,32)28-18-6-1-14(2-7-18)23(30)27-26-12-15-13-33-21-10-5-17(25)11-20(21)22(15)29/h1-13,28H,(H,27,30)/b26-12-. The predicted molar refractivity (Wildman–Crippen MR) is 131 cm³/mol. The normalized spacial score (nSPS) is 11.6. The highest BCUT2D eigenvalue weighted by atomic mass is 35.5. The van der Waals surface area contributed by atoms with Crippen molar-refractivity contribution in [1.82, 2.24) is 5.43 Å². The van der Waals surface area contributed by atoms with Gasteiger partial charge in [-0.1, -0.05) is 23.2 Å². The molecular weight excluding hydrogens is 501 g/mol. The first kappa shape index (κ1) is 23.5. The van der Waals surface area contributed by atoms with Gasteiger partial charge in [-0.25, -0.2) is 13.8 Å². The molecule has 3 aromatic carbocycles. The molecular formula is C23H15Cl2N3O5S. The number of rotatable bonds is 6. The van der Waals surface area contributed by atoms with E-state index in [0.717, 1.165) is 0 Å². The smallest absolute Gasteiger partial charge is 0.271 e. The van der Waals surface area contributed by atoms with Crippen LogP contribution in [0.3, 0.4) is 0 Å². The van der Waals surface area contributed by atoms with E-state index >= 15 is 0 Å². The van der Waals surface area contributed by atoms with Crippen LogP contribution < -0.4 is 15.6 Å². The predicted octanol–water partition coefficient (Wildman–Crippen LogP) is 4.66. The SMILES string of the molecule is O=C(N/N=C\c1coc2ccc(Cl)cc2c1=O)c1ccc(NS(=O)(=O)c2ccc(Cl)cc2)cc1. The number of halogens is 2. The van der Waals surface area contributed by atoms with Gasteiger partial charge in [-0.05, 0) is 66.7 Å². The van der Waals surface area contributed by atoms with Gasteiger partial charge in [0.05, 0.1) is 22.1 Å². The molecule has 8 nitrogen and oxygen atoms in total. The molecule has 0 aliphatic carbocycles. The maximum Gasteiger partial charge on any atom is 0.271 e. The Hall–Kier alpha value is -3.66. The molecule has 4 aromatic rings. The third-order valence-electron chi connectivity index (χ3n) is 4.65. The van der Waals surface area contributed by atoms with Gasteiger partial charge >= 0.3 is 0 Å². The van der Waals surface area contributed by atoms with Crippen molar-refractivity contribution in [3.05, 3.63) is 104 Å². The molecule has 2 N–H and O–H groups in total. The van der Waals surface area contributed by atoms with Crippen LogP contribution in [-0.2, 0) is 10.0 Å². The van der Waals surface area contributed by atoms with Crippen LogP contribution in [-0.4, -0.2) is 20.5 Å². The van der Waals surface area contributed by atoms with Crippen LogP contribution in [0.4, 0.5) is 5.69 Å². The number of hydrogen-bond donors (Lipinski definition) is 2. The molecule has 0 saturated carbocycles. The Morgan fingerprint density at radius 3 is 2.32 bits per heavy atom. The fourth-order valence-corrected chi connectivity index (χ4v) is 4.31. The van der Waals surface area contributed by atoms with E-state index in [-0.39, 0.29) is 27.1 Å². The minimum absolute atomic E-state index is 0.0495. The number of amides is 1. The molecule has 0 radical (unpaired) electrons. The highest BCUT2D eigenvalue weighted by Crippen LogP contribution is 2.19. The highest BCUT2D eigenvalue weighted by molar-refractivity contribution is 7.92. The first-order valence-corrected chi connectivity index (χ1v) is 11.9. The van der Waals surface area contributed by atoms with Crippen molar-refractivity contribution in [2.75, 3.05) is 4.72 Å². The largest absolute Gasteiger partial charge is 0.463 e. The quantitative estimate of drug-likeness (QED) is 0.286. The van der Waals surface area contributed by atoms with Gasteiger partial charge in [-0.3, -0.25) is 14.3 Å². The van der Waals surface area contributed by atoms with E-state index in [1.54, 1.807) is 12.1 Å². The summed E-state index contributed by atoms with van der Waals surface area (Å²) in [5.74, 6) is -0.559. The number of fused-ring (bicyclic) bond motifs is 1. The first-order chi connectivity index (χ1) is 16.2. The van der Waals surface area contributed by atoms with E-state index in [1.165, 1.54) is 67.1 Å². The average molecular weight is 516 g/mol. The van der Waals surface area contributed by atoms with Crippen LogP contribution in [0.5, 0.6) is 0 Å². The van der Waals surface area contributed by atoms with E-state index in [9.17, 15) is 18.0 Å². The Morgan fingerprint density at radius 1 is 0.941 bits per heavy atom. The minimum atomic E-state index is -3.81. The van der Waals surface area contributed by atoms with Crippen LogP contribution in [0.15, 0.2) is 92.2 Å². The minimum Gasteiger partial charge on any atom is -0.463 e. The second-order valence-corrected chi connectivity index (χ2v) is 9.55. The van der Waals surface area contributed by atoms with Crippen LogP contribution in [0.25, 0.3) is 11.0 Å². The number of anilines is 1. The van der Waals surface area contributed by atoms with Crippen LogP contribution >= 0.6 is 23.2 Å². The number of carbonyl (C=O) groups excluding carboxylic acids is 1. The number of hydrogen-bond acceptors (Lipinski definition) is 6. The first-order valence-electron chi connectivity index (χ1n) is 9.66. The number of nitrogens with one attached hydrogen (secondary N) is 2. The van der Waals surface area contributed by atoms with Crippen molar-refractivity contribution in [1.29, 1.82) is 0 Å². The van der Waals surface area contributed by atoms with Gasteiger partial charge in [-0.15, -0.1) is 0 Å². The van der Waals surface area contributed by atoms with Gasteiger partial charge in [0.2, 0.25) is 5.43 Å². The fourth-order valence-electron chi connectivity index (χ4n) is 2.95. The summed E-state index contributed by atoms with van der Waals surface area (Å²) < 4.78 is 32.7. The van der Waals surface area contributed by atoms with Gasteiger partial charge < -0.3 is 4.42 Å². The maximum absolute atomic E-state index is 12.5. The molecule has 172 valence electrons. The monoisotopic (exact) mass is 515 g/mol. The Morgan fingerprint density at radius 2 is 1.62 bits per heavy atom. The third-order valence-corrected chi connectivity index (χ3v) is 6.54. The summed E-state index contributed by atoms with van der Waals surface area (Å²) in [6, 6.07) is 16.1. The molecule has 0 saturated heterocycles. The lowest BCUT2D eigenvalue weighted by atomic mass is 10.2. The molecule has 0 unspecified atom stereocenters. The molecule has 11 heteroatoms. The summed E-state index contributed by atoms with van der Waals surface area (Å²) in [6.07, 6.45) is 2.40. The molecule has 4 rings (SSSR count). The molecule has 1 aromatic heterocycles. The molecule has 34 heavy (non-hydrogen) atoms. The molecule has 0 bridgehead atoms. The molecule has 0 aliphatic rings. The topological polar surface area (TPSA) is 118 Å². The summed E-state index contributed by atoms with van der Waals surface area (Å²) in [4.78, 5) is 24.9. The average Bonchev–Trinajstić information content (AvgIpc) is 2.81. The zero-order valence-corrected chi connectivity index (χ0v) is 19.5. The number of sulfonamides is 1. The Labute approximate surface area is 203 Å². The van der Waals surface area contributed by atoms with E-state index in [4.69, 9.17) is 27.6 Å². The summed E-state index contributed by atoms with van der Waals surface area (Å²) in [6.45, 7) is 0. The second kappa shape index (κ2) is 9.68. The Balaban J connectivity index is 1.43. The van der Waals surface area contributed by atoms with Crippen molar-refractivity contribution >= 4 is 62.0 Å². The summed E-state index contributed by atoms with van der Waals surface area (Å²) in [5.41, 5.74) is 2.95. The number of nitrogens with zero attached hydrogens (tertiary/aromatic N) is 1. The highest BCUT2D eigenvalue weighted by Gasteiger charge is 2.14. The second-order valence-electron chi connectivity index (χ2n) is 7.00. The lowest BCUT2D eigenvalue weighted by molar-refractivity contribution is 0.0955. The lowest BCUT2D eigenvalue weighted by Crippen LogP contribution is -2.19. The van der Waals surface area contributed by atoms with Crippen molar-refractivity contribution < 1.29 is 17.6 Å². The maximum atomic E-state index is 12.5. The number of benzene rings is 3. The van der Waals surface area contributed by atoms with Gasteiger partial charge in [0, 0.05) is 21.3 Å².